The van der Waals surface area contributed by atoms with Crippen LogP contribution in [0, 0.1) is 5.92 Å². The average Bonchev–Trinajstić information content (AvgIpc) is 3.25. The number of benzene rings is 1. The zero-order valence-corrected chi connectivity index (χ0v) is 13.8. The molecular weight excluding hydrogens is 304 g/mol. The van der Waals surface area contributed by atoms with E-state index < -0.39 is 5.92 Å². The lowest BCUT2D eigenvalue weighted by molar-refractivity contribution is -0.139. The van der Waals surface area contributed by atoms with Gasteiger partial charge in [0.25, 0.3) is 0 Å². The van der Waals surface area contributed by atoms with Crippen molar-refractivity contribution < 1.29 is 9.59 Å². The van der Waals surface area contributed by atoms with Gasteiger partial charge >= 0.3 is 0 Å². The predicted octanol–water partition coefficient (Wildman–Crippen LogP) is 1.78. The van der Waals surface area contributed by atoms with Gasteiger partial charge in [0.05, 0.1) is 6.54 Å². The normalized spacial score (nSPS) is 17.3. The Morgan fingerprint density at radius 2 is 2.08 bits per heavy atom. The fraction of sp³-hybridized carbons (Fsp3) is 0.389. The number of amides is 2. The van der Waals surface area contributed by atoms with Crippen molar-refractivity contribution in [2.75, 3.05) is 24.5 Å². The van der Waals surface area contributed by atoms with Crippen molar-refractivity contribution in [1.82, 2.24) is 14.7 Å². The topological polar surface area (TPSA) is 58.4 Å². The molecule has 1 fully saturated rings. The van der Waals surface area contributed by atoms with E-state index in [1.165, 1.54) is 0 Å². The van der Waals surface area contributed by atoms with E-state index in [4.69, 9.17) is 0 Å². The van der Waals surface area contributed by atoms with Crippen LogP contribution in [-0.2, 0) is 16.1 Å². The Morgan fingerprint density at radius 3 is 2.75 bits per heavy atom. The minimum absolute atomic E-state index is 0.0758. The highest BCUT2D eigenvalue weighted by Gasteiger charge is 2.39. The van der Waals surface area contributed by atoms with Crippen molar-refractivity contribution >= 4 is 17.5 Å². The molecule has 2 heterocycles. The number of aromatic nitrogens is 2. The molecular formula is C18H22N4O2. The highest BCUT2D eigenvalue weighted by molar-refractivity contribution is 6.09. The summed E-state index contributed by atoms with van der Waals surface area (Å²) < 4.78 is 1.79. The predicted molar refractivity (Wildman–Crippen MR) is 91.4 cm³/mol. The molecule has 0 N–H and O–H groups in total. The van der Waals surface area contributed by atoms with Gasteiger partial charge < -0.3 is 9.80 Å². The summed E-state index contributed by atoms with van der Waals surface area (Å²) in [5, 5.41) is 4.15. The number of hydrogen-bond acceptors (Lipinski definition) is 3. The summed E-state index contributed by atoms with van der Waals surface area (Å²) in [6.07, 6.45) is 4.16. The third kappa shape index (κ3) is 3.32. The first-order chi connectivity index (χ1) is 11.7. The smallest absolute Gasteiger partial charge is 0.239 e. The fourth-order valence-corrected chi connectivity index (χ4v) is 3.07. The molecule has 0 saturated carbocycles. The van der Waals surface area contributed by atoms with Crippen LogP contribution in [0.2, 0.25) is 0 Å². The van der Waals surface area contributed by atoms with Crippen molar-refractivity contribution in [3.05, 3.63) is 48.8 Å². The first-order valence-electron chi connectivity index (χ1n) is 8.33. The molecule has 1 aliphatic heterocycles. The van der Waals surface area contributed by atoms with Gasteiger partial charge in [-0.3, -0.25) is 14.3 Å². The molecule has 6 nitrogen and oxygen atoms in total. The molecule has 0 unspecified atom stereocenters. The quantitative estimate of drug-likeness (QED) is 0.761. The summed E-state index contributed by atoms with van der Waals surface area (Å²) in [5.74, 6) is -0.736. The molecule has 1 aliphatic rings. The Hall–Kier alpha value is -2.63. The minimum atomic E-state index is -0.567. The van der Waals surface area contributed by atoms with Gasteiger partial charge in [0.1, 0.15) is 5.92 Å². The van der Waals surface area contributed by atoms with E-state index in [0.29, 0.717) is 32.6 Å². The summed E-state index contributed by atoms with van der Waals surface area (Å²) in [5.41, 5.74) is 0.859. The Morgan fingerprint density at radius 1 is 1.29 bits per heavy atom. The van der Waals surface area contributed by atoms with E-state index in [1.807, 2.05) is 49.5 Å². The molecule has 1 atom stereocenters. The zero-order valence-electron chi connectivity index (χ0n) is 13.8. The Labute approximate surface area is 141 Å². The van der Waals surface area contributed by atoms with Crippen molar-refractivity contribution in [1.29, 1.82) is 0 Å². The van der Waals surface area contributed by atoms with Crippen LogP contribution in [0.25, 0.3) is 0 Å². The van der Waals surface area contributed by atoms with Crippen LogP contribution in [0.3, 0.4) is 0 Å². The lowest BCUT2D eigenvalue weighted by Gasteiger charge is -2.24. The zero-order chi connectivity index (χ0) is 16.9. The third-order valence-electron chi connectivity index (χ3n) is 4.42. The first-order valence-corrected chi connectivity index (χ1v) is 8.33. The van der Waals surface area contributed by atoms with Crippen LogP contribution in [0.4, 0.5) is 5.69 Å². The molecule has 0 radical (unpaired) electrons. The van der Waals surface area contributed by atoms with E-state index in [0.717, 1.165) is 5.69 Å². The van der Waals surface area contributed by atoms with Crippen molar-refractivity contribution in [3.8, 4) is 0 Å². The van der Waals surface area contributed by atoms with Crippen molar-refractivity contribution in [3.63, 3.8) is 0 Å². The second-order valence-corrected chi connectivity index (χ2v) is 5.85. The van der Waals surface area contributed by atoms with Gasteiger partial charge in [-0.25, -0.2) is 0 Å². The van der Waals surface area contributed by atoms with Crippen molar-refractivity contribution in [2.45, 2.75) is 19.9 Å². The summed E-state index contributed by atoms with van der Waals surface area (Å²) in [7, 11) is 0. The molecule has 1 aromatic carbocycles. The molecule has 0 spiro atoms. The molecule has 126 valence electrons. The second kappa shape index (κ2) is 7.29. The fourth-order valence-electron chi connectivity index (χ4n) is 3.07. The highest BCUT2D eigenvalue weighted by atomic mass is 16.2. The Bertz CT molecular complexity index is 684. The van der Waals surface area contributed by atoms with Gasteiger partial charge in [0, 0.05) is 37.7 Å². The van der Waals surface area contributed by atoms with E-state index in [-0.39, 0.29) is 11.8 Å². The van der Waals surface area contributed by atoms with Gasteiger partial charge in [-0.2, -0.15) is 5.10 Å². The molecule has 0 aliphatic carbocycles. The molecule has 2 aromatic rings. The largest absolute Gasteiger partial charge is 0.340 e. The van der Waals surface area contributed by atoms with Gasteiger partial charge in [0.2, 0.25) is 11.8 Å². The molecule has 2 amide bonds. The summed E-state index contributed by atoms with van der Waals surface area (Å²) in [6, 6.07) is 11.4. The number of hydrogen-bond donors (Lipinski definition) is 0. The summed E-state index contributed by atoms with van der Waals surface area (Å²) in [6.45, 7) is 4.32. The standard InChI is InChI=1S/C18H22N4O2/c1-2-20(13-14-21-11-6-10-19-21)17(23)16-9-12-22(18(16)24)15-7-4-3-5-8-15/h3-8,10-11,16H,2,9,12-14H2,1H3/t16-/m1/s1. The maximum atomic E-state index is 12.8. The first kappa shape index (κ1) is 16.2. The number of carbonyl (C=O) groups is 2. The third-order valence-corrected chi connectivity index (χ3v) is 4.42. The number of anilines is 1. The number of likely N-dealkylation sites (N-methyl/N-ethyl adjacent to an activating group) is 1. The Kier molecular flexibility index (Phi) is 4.93. The number of carbonyl (C=O) groups excluding carboxylic acids is 2. The van der Waals surface area contributed by atoms with E-state index in [9.17, 15) is 9.59 Å². The number of para-hydroxylation sites is 1. The monoisotopic (exact) mass is 326 g/mol. The SMILES string of the molecule is CCN(CCn1cccn1)C(=O)[C@H]1CCN(c2ccccc2)C1=O. The Balaban J connectivity index is 1.64. The van der Waals surface area contributed by atoms with Crippen LogP contribution in [-0.4, -0.2) is 46.1 Å². The van der Waals surface area contributed by atoms with Gasteiger partial charge in [-0.1, -0.05) is 18.2 Å². The highest BCUT2D eigenvalue weighted by Crippen LogP contribution is 2.26. The van der Waals surface area contributed by atoms with Crippen LogP contribution in [0.15, 0.2) is 48.8 Å². The molecule has 1 aromatic heterocycles. The van der Waals surface area contributed by atoms with E-state index in [1.54, 1.807) is 20.7 Å². The summed E-state index contributed by atoms with van der Waals surface area (Å²) >= 11 is 0. The maximum absolute atomic E-state index is 12.8. The lowest BCUT2D eigenvalue weighted by atomic mass is 10.1. The molecule has 6 heteroatoms. The van der Waals surface area contributed by atoms with Crippen LogP contribution >= 0.6 is 0 Å². The number of rotatable bonds is 6. The molecule has 0 bridgehead atoms. The van der Waals surface area contributed by atoms with Crippen LogP contribution in [0.1, 0.15) is 13.3 Å². The molecule has 3 rings (SSSR count). The lowest BCUT2D eigenvalue weighted by Crippen LogP contribution is -2.41. The van der Waals surface area contributed by atoms with Crippen LogP contribution < -0.4 is 4.90 Å². The minimum Gasteiger partial charge on any atom is -0.340 e. The molecule has 24 heavy (non-hydrogen) atoms. The van der Waals surface area contributed by atoms with E-state index >= 15 is 0 Å². The maximum Gasteiger partial charge on any atom is 0.239 e. The molecule has 1 saturated heterocycles. The average molecular weight is 326 g/mol. The van der Waals surface area contributed by atoms with Crippen LogP contribution in [0.5, 0.6) is 0 Å². The van der Waals surface area contributed by atoms with Crippen molar-refractivity contribution in [2.24, 2.45) is 5.92 Å². The van der Waals surface area contributed by atoms with Gasteiger partial charge in [-0.15, -0.1) is 0 Å². The second-order valence-electron chi connectivity index (χ2n) is 5.85. The summed E-state index contributed by atoms with van der Waals surface area (Å²) in [4.78, 5) is 28.9. The van der Waals surface area contributed by atoms with Gasteiger partial charge in [-0.05, 0) is 31.5 Å². The van der Waals surface area contributed by atoms with E-state index in [2.05, 4.69) is 5.10 Å². The number of nitrogens with zero attached hydrogens (tertiary/aromatic N) is 4. The van der Waals surface area contributed by atoms with Gasteiger partial charge in [0.15, 0.2) is 0 Å².